The van der Waals surface area contributed by atoms with Gasteiger partial charge in [-0.1, -0.05) is 0 Å². The van der Waals surface area contributed by atoms with Crippen LogP contribution in [0.15, 0.2) is 23.3 Å². The van der Waals surface area contributed by atoms with Gasteiger partial charge in [0.05, 0.1) is 54.9 Å². The molecule has 0 saturated heterocycles. The van der Waals surface area contributed by atoms with E-state index in [0.29, 0.717) is 40.3 Å². The van der Waals surface area contributed by atoms with E-state index in [0.717, 1.165) is 17.2 Å². The number of nitrogens with one attached hydrogen (secondary N) is 7. The van der Waals surface area contributed by atoms with Crippen LogP contribution in [-0.4, -0.2) is 134 Å². The lowest BCUT2D eigenvalue weighted by Gasteiger charge is -2.23. The summed E-state index contributed by atoms with van der Waals surface area (Å²) in [5.41, 5.74) is 18.0. The highest BCUT2D eigenvalue weighted by Gasteiger charge is 2.32. The monoisotopic (exact) mass is 902 g/mol. The predicted molar refractivity (Wildman–Crippen MR) is 231 cm³/mol. The van der Waals surface area contributed by atoms with Crippen molar-refractivity contribution in [1.82, 2.24) is 61.8 Å². The number of carbonyl (C=O) groups is 6. The fourth-order valence-electron chi connectivity index (χ4n) is 5.31. The van der Waals surface area contributed by atoms with Crippen LogP contribution in [0.5, 0.6) is 0 Å². The molecule has 0 aromatic carbocycles. The standard InChI is InChI=1S/C36H51N15O7S3/c1-19-28(49-24(50-31(19)38)14-40-12-20(37)32(39)55)35(58)51-29(30(54)21-13-41-18-46-21)34(57)44-8-4-6-25(52)45-15-26(53)42-10-7-27-47-23(17-59-27)36-48-22(16-60-36)33(56)43-9-5-11-61(2)3/h13,16-18,20,29-30,40,54H,4-12,14-15,37H2,1-3H3,(H9-,38,39,41,42,43,44,45,46,49,50,51,52,53,55,56,57,58)/p+1/t20-,29-,30-/m0/s1. The van der Waals surface area contributed by atoms with E-state index in [2.05, 4.69) is 74.3 Å². The Labute approximate surface area is 362 Å². The number of primary amides is 1. The second-order valence-corrected chi connectivity index (χ2v) is 18.0. The van der Waals surface area contributed by atoms with Crippen molar-refractivity contribution < 1.29 is 33.9 Å². The summed E-state index contributed by atoms with van der Waals surface area (Å²) in [7, 11) is 0.330. The second kappa shape index (κ2) is 24.0. The van der Waals surface area contributed by atoms with Crippen molar-refractivity contribution in [3.8, 4) is 10.7 Å². The smallest absolute Gasteiger partial charge is 0.271 e. The molecule has 0 spiro atoms. The molecule has 4 heterocycles. The summed E-state index contributed by atoms with van der Waals surface area (Å²) in [4.78, 5) is 99.3. The van der Waals surface area contributed by atoms with Crippen molar-refractivity contribution in [2.45, 2.75) is 57.3 Å². The number of hydrogen-bond donors (Lipinski definition) is 11. The van der Waals surface area contributed by atoms with Gasteiger partial charge in [0.2, 0.25) is 23.6 Å². The van der Waals surface area contributed by atoms with E-state index in [-0.39, 0.29) is 80.1 Å². The Kier molecular flexibility index (Phi) is 18.9. The maximum absolute atomic E-state index is 13.5. The summed E-state index contributed by atoms with van der Waals surface area (Å²) in [5.74, 6) is -2.21. The molecule has 3 atom stereocenters. The molecule has 25 heteroatoms. The number of nitrogens with two attached hydrogens (primary N) is 3. The van der Waals surface area contributed by atoms with Crippen molar-refractivity contribution in [3.05, 3.63) is 56.8 Å². The highest BCUT2D eigenvalue weighted by molar-refractivity contribution is 7.95. The van der Waals surface area contributed by atoms with E-state index in [4.69, 9.17) is 17.2 Å². The van der Waals surface area contributed by atoms with Crippen molar-refractivity contribution >= 4 is 74.8 Å². The number of nitrogen functional groups attached to an aromatic ring is 1. The number of amides is 6. The number of imidazole rings is 1. The number of aromatic amines is 1. The predicted octanol–water partition coefficient (Wildman–Crippen LogP) is -2.23. The van der Waals surface area contributed by atoms with Gasteiger partial charge in [-0.3, -0.25) is 28.8 Å². The van der Waals surface area contributed by atoms with Gasteiger partial charge in [-0.15, -0.1) is 22.7 Å². The zero-order valence-corrected chi connectivity index (χ0v) is 36.4. The number of H-pyrrole nitrogens is 1. The number of aliphatic hydroxyl groups is 1. The molecule has 0 aliphatic carbocycles. The zero-order valence-electron chi connectivity index (χ0n) is 33.9. The van der Waals surface area contributed by atoms with E-state index in [9.17, 15) is 33.9 Å². The Morgan fingerprint density at radius 2 is 1.69 bits per heavy atom. The van der Waals surface area contributed by atoms with E-state index >= 15 is 0 Å². The van der Waals surface area contributed by atoms with Gasteiger partial charge >= 0.3 is 0 Å². The summed E-state index contributed by atoms with van der Waals surface area (Å²) in [6.45, 7) is 2.13. The van der Waals surface area contributed by atoms with Gasteiger partial charge in [0, 0.05) is 61.8 Å². The zero-order chi connectivity index (χ0) is 44.5. The van der Waals surface area contributed by atoms with Gasteiger partial charge in [-0.25, -0.2) is 24.9 Å². The molecule has 0 aliphatic heterocycles. The minimum atomic E-state index is -1.56. The molecule has 330 valence electrons. The van der Waals surface area contributed by atoms with Crippen molar-refractivity contribution in [3.63, 3.8) is 0 Å². The first-order valence-electron chi connectivity index (χ1n) is 19.0. The van der Waals surface area contributed by atoms with Gasteiger partial charge in [0.1, 0.15) is 51.6 Å². The van der Waals surface area contributed by atoms with Gasteiger partial charge < -0.3 is 59.2 Å². The lowest BCUT2D eigenvalue weighted by atomic mass is 10.1. The molecule has 14 N–H and O–H groups in total. The Morgan fingerprint density at radius 3 is 2.41 bits per heavy atom. The molecule has 6 amide bonds. The van der Waals surface area contributed by atoms with E-state index < -0.39 is 47.7 Å². The van der Waals surface area contributed by atoms with Crippen LogP contribution in [0, 0.1) is 6.92 Å². The Morgan fingerprint density at radius 1 is 0.918 bits per heavy atom. The summed E-state index contributed by atoms with van der Waals surface area (Å²) in [6.07, 6.45) is 6.87. The SMILES string of the molecule is Cc1c(N)nc(CNC[C@H](N)C(N)=O)nc1C(=O)N[C@H](C(=O)NCCCC(=O)NCC(=O)NCCc1nc(-c2nc(C(=O)NCCC[S+](C)C)cs2)cs1)[C@@H](O)c1cnc[nH]1. The molecule has 0 bridgehead atoms. The quantitative estimate of drug-likeness (QED) is 0.0248. The van der Waals surface area contributed by atoms with Gasteiger partial charge in [-0.2, -0.15) is 0 Å². The van der Waals surface area contributed by atoms with Crippen LogP contribution in [0.4, 0.5) is 5.82 Å². The van der Waals surface area contributed by atoms with Crippen molar-refractivity contribution in [1.29, 1.82) is 0 Å². The molecule has 22 nitrogen and oxygen atoms in total. The molecule has 0 radical (unpaired) electrons. The lowest BCUT2D eigenvalue weighted by molar-refractivity contribution is -0.126. The van der Waals surface area contributed by atoms with Crippen LogP contribution < -0.4 is 49.1 Å². The largest absolute Gasteiger partial charge is 0.384 e. The van der Waals surface area contributed by atoms with E-state index in [1.54, 1.807) is 5.38 Å². The third kappa shape index (κ3) is 15.4. The van der Waals surface area contributed by atoms with Crippen LogP contribution in [0.3, 0.4) is 0 Å². The molecule has 0 unspecified atom stereocenters. The van der Waals surface area contributed by atoms with Gasteiger partial charge in [0.15, 0.2) is 0 Å². The average Bonchev–Trinajstić information content (AvgIpc) is 4.03. The fourth-order valence-corrected chi connectivity index (χ4v) is 7.65. The number of thiazole rings is 2. The van der Waals surface area contributed by atoms with Gasteiger partial charge in [0.25, 0.3) is 11.8 Å². The summed E-state index contributed by atoms with van der Waals surface area (Å²) >= 11 is 2.75. The van der Waals surface area contributed by atoms with Crippen LogP contribution in [-0.2, 0) is 43.0 Å². The van der Waals surface area contributed by atoms with Crippen LogP contribution in [0.25, 0.3) is 10.7 Å². The number of rotatable bonds is 25. The minimum Gasteiger partial charge on any atom is -0.384 e. The highest BCUT2D eigenvalue weighted by Crippen LogP contribution is 2.25. The Hall–Kier alpha value is -5.60. The summed E-state index contributed by atoms with van der Waals surface area (Å²) in [5, 5.41) is 32.2. The van der Waals surface area contributed by atoms with Crippen LogP contribution >= 0.6 is 22.7 Å². The number of anilines is 1. The van der Waals surface area contributed by atoms with Crippen LogP contribution in [0.2, 0.25) is 0 Å². The minimum absolute atomic E-state index is 0.00671. The number of hydrogen-bond acceptors (Lipinski definition) is 17. The molecule has 0 fully saturated rings. The summed E-state index contributed by atoms with van der Waals surface area (Å²) < 4.78 is 0. The first-order chi connectivity index (χ1) is 29.1. The Bertz CT molecular complexity index is 2110. The third-order valence-corrected chi connectivity index (χ3v) is 11.6. The van der Waals surface area contributed by atoms with Crippen molar-refractivity contribution in [2.24, 2.45) is 11.5 Å². The lowest BCUT2D eigenvalue weighted by Crippen LogP contribution is -2.50. The molecule has 4 rings (SSSR count). The number of nitrogens with zero attached hydrogens (tertiary/aromatic N) is 5. The van der Waals surface area contributed by atoms with Crippen molar-refractivity contribution in [2.75, 3.05) is 56.7 Å². The molecule has 4 aromatic heterocycles. The highest BCUT2D eigenvalue weighted by atomic mass is 32.2. The third-order valence-electron chi connectivity index (χ3n) is 8.69. The first-order valence-corrected chi connectivity index (χ1v) is 23.0. The maximum Gasteiger partial charge on any atom is 0.271 e. The number of aliphatic hydroxyl groups excluding tert-OH is 1. The first kappa shape index (κ1) is 48.1. The number of aromatic nitrogens is 6. The van der Waals surface area contributed by atoms with Crippen LogP contribution in [0.1, 0.15) is 68.4 Å². The van der Waals surface area contributed by atoms with E-state index in [1.807, 2.05) is 5.38 Å². The molecule has 0 saturated carbocycles. The molecular formula is C36H52N15O7S3+. The summed E-state index contributed by atoms with van der Waals surface area (Å²) in [6, 6.07) is -2.50. The Balaban J connectivity index is 1.19. The molecular weight excluding hydrogens is 851 g/mol. The number of carbonyl (C=O) groups excluding carboxylic acids is 6. The molecule has 4 aromatic rings. The topological polar surface area (TPSA) is 353 Å². The van der Waals surface area contributed by atoms with Gasteiger partial charge in [-0.05, 0) is 24.2 Å². The normalized spacial score (nSPS) is 12.6. The average molecular weight is 903 g/mol. The fraction of sp³-hybridized carbons (Fsp3) is 0.472. The molecule has 61 heavy (non-hydrogen) atoms. The maximum atomic E-state index is 13.5. The second-order valence-electron chi connectivity index (χ2n) is 13.8. The van der Waals surface area contributed by atoms with E-state index in [1.165, 1.54) is 42.1 Å². The molecule has 0 aliphatic rings.